The van der Waals surface area contributed by atoms with Gasteiger partial charge in [0.25, 0.3) is 0 Å². The summed E-state index contributed by atoms with van der Waals surface area (Å²) < 4.78 is 5.36. The lowest BCUT2D eigenvalue weighted by molar-refractivity contribution is -0.143. The first-order valence-corrected chi connectivity index (χ1v) is 7.85. The van der Waals surface area contributed by atoms with Crippen LogP contribution in [0.25, 0.3) is 0 Å². The van der Waals surface area contributed by atoms with Crippen molar-refractivity contribution in [3.05, 3.63) is 35.9 Å². The molecular weight excluding hydrogens is 282 g/mol. The highest BCUT2D eigenvalue weighted by atomic mass is 16.6. The Labute approximate surface area is 130 Å². The molecule has 5 heteroatoms. The number of amides is 1. The number of aliphatic carboxylic acids is 1. The van der Waals surface area contributed by atoms with Crippen LogP contribution in [0, 0.1) is 0 Å². The van der Waals surface area contributed by atoms with Gasteiger partial charge in [-0.25, -0.2) is 9.59 Å². The van der Waals surface area contributed by atoms with Crippen molar-refractivity contribution in [3.8, 4) is 0 Å². The first kappa shape index (κ1) is 16.3. The van der Waals surface area contributed by atoms with Crippen LogP contribution >= 0.6 is 0 Å². The minimum absolute atomic E-state index is 0.0238. The number of hydrogen-bond donors (Lipinski definition) is 1. The molecule has 0 aliphatic heterocycles. The number of ether oxygens (including phenoxy) is 1. The van der Waals surface area contributed by atoms with Crippen LogP contribution in [0.2, 0.25) is 0 Å². The summed E-state index contributed by atoms with van der Waals surface area (Å²) in [4.78, 5) is 25.3. The van der Waals surface area contributed by atoms with E-state index in [4.69, 9.17) is 4.74 Å². The second-order valence-corrected chi connectivity index (χ2v) is 5.65. The minimum atomic E-state index is -0.967. The van der Waals surface area contributed by atoms with Crippen molar-refractivity contribution in [2.24, 2.45) is 0 Å². The van der Waals surface area contributed by atoms with Crippen LogP contribution in [0.15, 0.2) is 30.3 Å². The number of hydrogen-bond acceptors (Lipinski definition) is 3. The van der Waals surface area contributed by atoms with Crippen molar-refractivity contribution >= 4 is 12.1 Å². The molecule has 1 atom stereocenters. The van der Waals surface area contributed by atoms with E-state index in [-0.39, 0.29) is 12.6 Å². The standard InChI is InChI=1S/C17H23NO4/c1-2-15(16(19)20)18(14-10-6-7-11-14)17(21)22-12-13-8-4-3-5-9-13/h3-5,8-9,14-15H,2,6-7,10-12H2,1H3,(H,19,20)/t15-/m0/s1. The van der Waals surface area contributed by atoms with Crippen LogP contribution in [0.3, 0.4) is 0 Å². The number of carboxylic acid groups (broad SMARTS) is 1. The fraction of sp³-hybridized carbons (Fsp3) is 0.529. The zero-order valence-electron chi connectivity index (χ0n) is 12.9. The van der Waals surface area contributed by atoms with Gasteiger partial charge in [-0.1, -0.05) is 50.1 Å². The first-order valence-electron chi connectivity index (χ1n) is 7.85. The number of carbonyl (C=O) groups excluding carboxylic acids is 1. The Bertz CT molecular complexity index is 497. The Balaban J connectivity index is 2.06. The molecule has 0 heterocycles. The molecule has 0 spiro atoms. The fourth-order valence-electron chi connectivity index (χ4n) is 3.00. The van der Waals surface area contributed by atoms with Crippen LogP contribution in [0.1, 0.15) is 44.6 Å². The average molecular weight is 305 g/mol. The summed E-state index contributed by atoms with van der Waals surface area (Å²) in [6.07, 6.45) is 3.62. The quantitative estimate of drug-likeness (QED) is 0.874. The van der Waals surface area contributed by atoms with Gasteiger partial charge in [-0.15, -0.1) is 0 Å². The Morgan fingerprint density at radius 1 is 1.27 bits per heavy atom. The predicted octanol–water partition coefficient (Wildman–Crippen LogP) is 3.43. The van der Waals surface area contributed by atoms with Gasteiger partial charge >= 0.3 is 12.1 Å². The van der Waals surface area contributed by atoms with Gasteiger partial charge in [0, 0.05) is 6.04 Å². The largest absolute Gasteiger partial charge is 0.480 e. The van der Waals surface area contributed by atoms with E-state index in [1.807, 2.05) is 30.3 Å². The van der Waals surface area contributed by atoms with E-state index in [2.05, 4.69) is 0 Å². The molecule has 1 amide bonds. The van der Waals surface area contributed by atoms with Gasteiger partial charge in [0.1, 0.15) is 12.6 Å². The molecule has 1 fully saturated rings. The molecule has 0 radical (unpaired) electrons. The van der Waals surface area contributed by atoms with Gasteiger partial charge in [0.15, 0.2) is 0 Å². The molecule has 120 valence electrons. The van der Waals surface area contributed by atoms with Crippen LogP contribution in [0.4, 0.5) is 4.79 Å². The molecule has 1 aliphatic carbocycles. The van der Waals surface area contributed by atoms with E-state index < -0.39 is 18.1 Å². The first-order chi connectivity index (χ1) is 10.6. The molecule has 1 aromatic rings. The van der Waals surface area contributed by atoms with Crippen molar-refractivity contribution in [1.29, 1.82) is 0 Å². The normalized spacial score (nSPS) is 16.2. The maximum Gasteiger partial charge on any atom is 0.411 e. The van der Waals surface area contributed by atoms with Gasteiger partial charge in [0.2, 0.25) is 0 Å². The number of rotatable bonds is 6. The summed E-state index contributed by atoms with van der Waals surface area (Å²) >= 11 is 0. The molecule has 1 N–H and O–H groups in total. The average Bonchev–Trinajstić information content (AvgIpc) is 3.04. The zero-order valence-corrected chi connectivity index (χ0v) is 12.9. The highest BCUT2D eigenvalue weighted by Crippen LogP contribution is 2.27. The van der Waals surface area contributed by atoms with Crippen LogP contribution in [-0.2, 0) is 16.1 Å². The molecule has 1 aromatic carbocycles. The summed E-state index contributed by atoms with van der Waals surface area (Å²) in [7, 11) is 0. The summed E-state index contributed by atoms with van der Waals surface area (Å²) in [6.45, 7) is 1.95. The summed E-state index contributed by atoms with van der Waals surface area (Å²) in [5.41, 5.74) is 0.894. The van der Waals surface area contributed by atoms with E-state index in [0.717, 1.165) is 31.2 Å². The highest BCUT2D eigenvalue weighted by molar-refractivity contribution is 5.80. The summed E-state index contributed by atoms with van der Waals surface area (Å²) in [5.74, 6) is -0.967. The molecule has 0 bridgehead atoms. The lowest BCUT2D eigenvalue weighted by atomic mass is 10.1. The van der Waals surface area contributed by atoms with Crippen LogP contribution in [0.5, 0.6) is 0 Å². The topological polar surface area (TPSA) is 66.8 Å². The van der Waals surface area contributed by atoms with Crippen molar-refractivity contribution in [3.63, 3.8) is 0 Å². The summed E-state index contributed by atoms with van der Waals surface area (Å²) in [6, 6.07) is 8.57. The third-order valence-electron chi connectivity index (χ3n) is 4.14. The third-order valence-corrected chi connectivity index (χ3v) is 4.14. The zero-order chi connectivity index (χ0) is 15.9. The second kappa shape index (κ2) is 7.82. The third kappa shape index (κ3) is 4.00. The van der Waals surface area contributed by atoms with Gasteiger partial charge in [-0.05, 0) is 24.8 Å². The molecule has 1 saturated carbocycles. The molecule has 0 aromatic heterocycles. The lowest BCUT2D eigenvalue weighted by Gasteiger charge is -2.32. The smallest absolute Gasteiger partial charge is 0.411 e. The number of carbonyl (C=O) groups is 2. The van der Waals surface area contributed by atoms with Crippen molar-refractivity contribution in [2.75, 3.05) is 0 Å². The Kier molecular flexibility index (Phi) is 5.81. The number of benzene rings is 1. The number of carboxylic acids is 1. The van der Waals surface area contributed by atoms with Crippen LogP contribution < -0.4 is 0 Å². The van der Waals surface area contributed by atoms with E-state index >= 15 is 0 Å². The van der Waals surface area contributed by atoms with Crippen molar-refractivity contribution in [2.45, 2.75) is 57.7 Å². The molecule has 22 heavy (non-hydrogen) atoms. The predicted molar refractivity (Wildman–Crippen MR) is 82.4 cm³/mol. The highest BCUT2D eigenvalue weighted by Gasteiger charge is 2.36. The van der Waals surface area contributed by atoms with Gasteiger partial charge in [0.05, 0.1) is 0 Å². The van der Waals surface area contributed by atoms with Gasteiger partial charge in [-0.2, -0.15) is 0 Å². The van der Waals surface area contributed by atoms with Gasteiger partial charge in [-0.3, -0.25) is 4.90 Å². The Morgan fingerprint density at radius 3 is 2.45 bits per heavy atom. The molecule has 0 unspecified atom stereocenters. The maximum atomic E-state index is 12.4. The van der Waals surface area contributed by atoms with E-state index in [0.29, 0.717) is 6.42 Å². The Morgan fingerprint density at radius 2 is 1.91 bits per heavy atom. The van der Waals surface area contributed by atoms with E-state index in [1.165, 1.54) is 4.90 Å². The maximum absolute atomic E-state index is 12.4. The fourth-order valence-corrected chi connectivity index (χ4v) is 3.00. The molecular formula is C17H23NO4. The SMILES string of the molecule is CC[C@@H](C(=O)O)N(C(=O)OCc1ccccc1)C1CCCC1. The molecule has 0 saturated heterocycles. The number of nitrogens with zero attached hydrogens (tertiary/aromatic N) is 1. The van der Waals surface area contributed by atoms with Crippen molar-refractivity contribution in [1.82, 2.24) is 4.90 Å². The molecule has 2 rings (SSSR count). The van der Waals surface area contributed by atoms with Crippen molar-refractivity contribution < 1.29 is 19.4 Å². The van der Waals surface area contributed by atoms with Gasteiger partial charge < -0.3 is 9.84 Å². The summed E-state index contributed by atoms with van der Waals surface area (Å²) in [5, 5.41) is 9.39. The lowest BCUT2D eigenvalue weighted by Crippen LogP contribution is -2.49. The second-order valence-electron chi connectivity index (χ2n) is 5.65. The van der Waals surface area contributed by atoms with E-state index in [1.54, 1.807) is 6.92 Å². The molecule has 1 aliphatic rings. The Hall–Kier alpha value is -2.04. The van der Waals surface area contributed by atoms with Crippen LogP contribution in [-0.4, -0.2) is 34.2 Å². The monoisotopic (exact) mass is 305 g/mol. The van der Waals surface area contributed by atoms with E-state index in [9.17, 15) is 14.7 Å². The minimum Gasteiger partial charge on any atom is -0.480 e. The molecule has 5 nitrogen and oxygen atoms in total.